The molecule has 1 saturated heterocycles. The first kappa shape index (κ1) is 14.0. The first-order valence-corrected chi connectivity index (χ1v) is 7.33. The number of benzene rings is 1. The van der Waals surface area contributed by atoms with Gasteiger partial charge in [-0.05, 0) is 12.6 Å². The maximum absolute atomic E-state index is 5.64. The molecule has 6 heteroatoms. The van der Waals surface area contributed by atoms with Crippen molar-refractivity contribution in [1.82, 2.24) is 20.4 Å². The minimum atomic E-state index is 0.612. The molecule has 2 aromatic rings. The molecule has 112 valence electrons. The summed E-state index contributed by atoms with van der Waals surface area (Å²) < 4.78 is 5.64. The van der Waals surface area contributed by atoms with Gasteiger partial charge >= 0.3 is 6.01 Å². The van der Waals surface area contributed by atoms with Crippen molar-refractivity contribution in [3.63, 3.8) is 0 Å². The fourth-order valence-corrected chi connectivity index (χ4v) is 2.53. The molecular formula is C15H21N5O. The Morgan fingerprint density at radius 2 is 1.86 bits per heavy atom. The topological polar surface area (TPSA) is 57.4 Å². The van der Waals surface area contributed by atoms with Crippen LogP contribution < -0.4 is 10.2 Å². The fourth-order valence-electron chi connectivity index (χ4n) is 2.53. The van der Waals surface area contributed by atoms with Crippen LogP contribution in [-0.2, 0) is 13.1 Å². The van der Waals surface area contributed by atoms with Crippen molar-refractivity contribution in [2.45, 2.75) is 13.1 Å². The third kappa shape index (κ3) is 3.59. The van der Waals surface area contributed by atoms with Crippen LogP contribution in [0.3, 0.4) is 0 Å². The molecule has 0 aliphatic carbocycles. The van der Waals surface area contributed by atoms with Crippen LogP contribution in [0.5, 0.6) is 0 Å². The predicted octanol–water partition coefficient (Wildman–Crippen LogP) is 1.11. The zero-order valence-electron chi connectivity index (χ0n) is 12.3. The predicted molar refractivity (Wildman–Crippen MR) is 81.0 cm³/mol. The average Bonchev–Trinajstić information content (AvgIpc) is 2.98. The number of aromatic nitrogens is 2. The summed E-state index contributed by atoms with van der Waals surface area (Å²) in [6, 6.07) is 11.2. The van der Waals surface area contributed by atoms with E-state index in [4.69, 9.17) is 4.42 Å². The second-order valence-electron chi connectivity index (χ2n) is 5.26. The van der Waals surface area contributed by atoms with Crippen molar-refractivity contribution < 1.29 is 4.42 Å². The van der Waals surface area contributed by atoms with Crippen molar-refractivity contribution in [2.75, 3.05) is 38.1 Å². The van der Waals surface area contributed by atoms with Crippen molar-refractivity contribution in [1.29, 1.82) is 0 Å². The number of anilines is 1. The molecule has 2 heterocycles. The lowest BCUT2D eigenvalue weighted by atomic mass is 10.2. The van der Waals surface area contributed by atoms with Gasteiger partial charge in [-0.3, -0.25) is 4.90 Å². The second-order valence-corrected chi connectivity index (χ2v) is 5.26. The van der Waals surface area contributed by atoms with E-state index in [1.54, 1.807) is 0 Å². The number of hydrogen-bond donors (Lipinski definition) is 1. The van der Waals surface area contributed by atoms with Crippen LogP contribution in [0, 0.1) is 0 Å². The maximum Gasteiger partial charge on any atom is 0.318 e. The molecule has 0 amide bonds. The van der Waals surface area contributed by atoms with Gasteiger partial charge in [-0.1, -0.05) is 35.4 Å². The third-order valence-corrected chi connectivity index (χ3v) is 3.68. The molecule has 1 aliphatic rings. The SMILES string of the molecule is CNCc1nnc(N2CCN(Cc3ccccc3)CC2)o1. The fraction of sp³-hybridized carbons (Fsp3) is 0.467. The van der Waals surface area contributed by atoms with Gasteiger partial charge in [0.15, 0.2) is 0 Å². The minimum absolute atomic E-state index is 0.612. The molecular weight excluding hydrogens is 266 g/mol. The van der Waals surface area contributed by atoms with E-state index in [1.807, 2.05) is 7.05 Å². The molecule has 6 nitrogen and oxygen atoms in total. The van der Waals surface area contributed by atoms with Gasteiger partial charge in [-0.15, -0.1) is 5.10 Å². The Kier molecular flexibility index (Phi) is 4.47. The highest BCUT2D eigenvalue weighted by Crippen LogP contribution is 2.16. The Bertz CT molecular complexity index is 548. The Morgan fingerprint density at radius 3 is 2.57 bits per heavy atom. The number of nitrogens with zero attached hydrogens (tertiary/aromatic N) is 4. The number of rotatable bonds is 5. The molecule has 1 fully saturated rings. The lowest BCUT2D eigenvalue weighted by Gasteiger charge is -2.33. The van der Waals surface area contributed by atoms with Gasteiger partial charge in [0, 0.05) is 32.7 Å². The van der Waals surface area contributed by atoms with Crippen LogP contribution in [0.25, 0.3) is 0 Å². The van der Waals surface area contributed by atoms with Crippen LogP contribution >= 0.6 is 0 Å². The second kappa shape index (κ2) is 6.69. The lowest BCUT2D eigenvalue weighted by Crippen LogP contribution is -2.46. The van der Waals surface area contributed by atoms with E-state index in [1.165, 1.54) is 5.56 Å². The summed E-state index contributed by atoms with van der Waals surface area (Å²) in [7, 11) is 1.87. The molecule has 0 spiro atoms. The van der Waals surface area contributed by atoms with Gasteiger partial charge in [0.25, 0.3) is 0 Å². The lowest BCUT2D eigenvalue weighted by molar-refractivity contribution is 0.244. The summed E-state index contributed by atoms with van der Waals surface area (Å²) in [6.45, 7) is 5.49. The highest BCUT2D eigenvalue weighted by atomic mass is 16.4. The summed E-state index contributed by atoms with van der Waals surface area (Å²) in [5.74, 6) is 0.638. The number of piperazine rings is 1. The summed E-state index contributed by atoms with van der Waals surface area (Å²) in [6.07, 6.45) is 0. The zero-order chi connectivity index (χ0) is 14.5. The summed E-state index contributed by atoms with van der Waals surface area (Å²) in [5, 5.41) is 11.2. The molecule has 0 atom stereocenters. The van der Waals surface area contributed by atoms with E-state index in [0.717, 1.165) is 32.7 Å². The first-order chi connectivity index (χ1) is 10.3. The molecule has 0 bridgehead atoms. The van der Waals surface area contributed by atoms with Crippen LogP contribution in [0.15, 0.2) is 34.7 Å². The maximum atomic E-state index is 5.64. The molecule has 0 saturated carbocycles. The van der Waals surface area contributed by atoms with Gasteiger partial charge in [-0.2, -0.15) is 0 Å². The molecule has 1 aliphatic heterocycles. The highest BCUT2D eigenvalue weighted by Gasteiger charge is 2.21. The van der Waals surface area contributed by atoms with E-state index < -0.39 is 0 Å². The van der Waals surface area contributed by atoms with Gasteiger partial charge in [0.05, 0.1) is 6.54 Å². The molecule has 1 aromatic heterocycles. The normalized spacial score (nSPS) is 16.3. The Morgan fingerprint density at radius 1 is 1.10 bits per heavy atom. The molecule has 1 aromatic carbocycles. The molecule has 21 heavy (non-hydrogen) atoms. The van der Waals surface area contributed by atoms with Gasteiger partial charge in [-0.25, -0.2) is 0 Å². The zero-order valence-corrected chi connectivity index (χ0v) is 12.3. The quantitative estimate of drug-likeness (QED) is 0.889. The van der Waals surface area contributed by atoms with E-state index in [9.17, 15) is 0 Å². The summed E-state index contributed by atoms with van der Waals surface area (Å²) in [4.78, 5) is 4.62. The van der Waals surface area contributed by atoms with Crippen molar-refractivity contribution in [2.24, 2.45) is 0 Å². The third-order valence-electron chi connectivity index (χ3n) is 3.68. The van der Waals surface area contributed by atoms with Crippen molar-refractivity contribution >= 4 is 6.01 Å². The Balaban J connectivity index is 1.52. The molecule has 1 N–H and O–H groups in total. The molecule has 0 radical (unpaired) electrons. The van der Waals surface area contributed by atoms with Gasteiger partial charge in [0.1, 0.15) is 0 Å². The van der Waals surface area contributed by atoms with Crippen LogP contribution in [0.2, 0.25) is 0 Å². The molecule has 0 unspecified atom stereocenters. The van der Waals surface area contributed by atoms with E-state index in [2.05, 4.69) is 55.6 Å². The summed E-state index contributed by atoms with van der Waals surface area (Å²) >= 11 is 0. The van der Waals surface area contributed by atoms with Gasteiger partial charge in [0.2, 0.25) is 5.89 Å². The van der Waals surface area contributed by atoms with Crippen molar-refractivity contribution in [3.05, 3.63) is 41.8 Å². The highest BCUT2D eigenvalue weighted by molar-refractivity contribution is 5.25. The average molecular weight is 287 g/mol. The van der Waals surface area contributed by atoms with Crippen LogP contribution in [0.4, 0.5) is 6.01 Å². The van der Waals surface area contributed by atoms with Crippen molar-refractivity contribution in [3.8, 4) is 0 Å². The smallest absolute Gasteiger partial charge is 0.318 e. The van der Waals surface area contributed by atoms with Crippen LogP contribution in [0.1, 0.15) is 11.5 Å². The standard InChI is InChI=1S/C15H21N5O/c1-16-11-14-17-18-15(21-14)20-9-7-19(8-10-20)12-13-5-3-2-4-6-13/h2-6,16H,7-12H2,1H3. The summed E-state index contributed by atoms with van der Waals surface area (Å²) in [5.41, 5.74) is 1.36. The Labute approximate surface area is 124 Å². The minimum Gasteiger partial charge on any atom is -0.407 e. The number of hydrogen-bond acceptors (Lipinski definition) is 6. The Hall–Kier alpha value is -1.92. The van der Waals surface area contributed by atoms with Gasteiger partial charge < -0.3 is 14.6 Å². The van der Waals surface area contributed by atoms with E-state index in [-0.39, 0.29) is 0 Å². The van der Waals surface area contributed by atoms with Crippen LogP contribution in [-0.4, -0.2) is 48.3 Å². The van der Waals surface area contributed by atoms with E-state index >= 15 is 0 Å². The molecule has 3 rings (SSSR count). The van der Waals surface area contributed by atoms with E-state index in [0.29, 0.717) is 18.5 Å². The first-order valence-electron chi connectivity index (χ1n) is 7.33. The monoisotopic (exact) mass is 287 g/mol. The number of nitrogens with one attached hydrogen (secondary N) is 1. The largest absolute Gasteiger partial charge is 0.407 e.